The molecular weight excluding hydrogens is 517 g/mol. The SMILES string of the molecule is CCOCCCNC(=NCc1ccc(OC)cc1)NCC(O)c1ccc(Cl)cc1.I. The van der Waals surface area contributed by atoms with Crippen molar-refractivity contribution in [3.63, 3.8) is 0 Å². The Hall–Kier alpha value is -1.55. The fraction of sp³-hybridized carbons (Fsp3) is 0.409. The summed E-state index contributed by atoms with van der Waals surface area (Å²) in [4.78, 5) is 4.63. The normalized spacial score (nSPS) is 12.1. The zero-order valence-electron chi connectivity index (χ0n) is 17.4. The van der Waals surface area contributed by atoms with E-state index in [4.69, 9.17) is 21.1 Å². The van der Waals surface area contributed by atoms with E-state index in [1.54, 1.807) is 19.2 Å². The van der Waals surface area contributed by atoms with Crippen LogP contribution in [-0.2, 0) is 11.3 Å². The molecule has 0 fully saturated rings. The maximum atomic E-state index is 10.4. The molecule has 1 unspecified atom stereocenters. The number of methoxy groups -OCH3 is 1. The van der Waals surface area contributed by atoms with Crippen molar-refractivity contribution in [2.75, 3.05) is 33.4 Å². The van der Waals surface area contributed by atoms with Crippen LogP contribution in [0.15, 0.2) is 53.5 Å². The molecule has 30 heavy (non-hydrogen) atoms. The number of halogens is 2. The number of aliphatic hydroxyl groups excluding tert-OH is 1. The maximum Gasteiger partial charge on any atom is 0.191 e. The number of nitrogens with one attached hydrogen (secondary N) is 2. The minimum Gasteiger partial charge on any atom is -0.497 e. The van der Waals surface area contributed by atoms with Gasteiger partial charge in [-0.3, -0.25) is 0 Å². The van der Waals surface area contributed by atoms with Gasteiger partial charge in [0.15, 0.2) is 5.96 Å². The number of aliphatic hydroxyl groups is 1. The number of aliphatic imine (C=N–C) groups is 1. The van der Waals surface area contributed by atoms with Gasteiger partial charge in [-0.2, -0.15) is 0 Å². The minimum absolute atomic E-state index is 0. The Kier molecular flexibility index (Phi) is 13.5. The van der Waals surface area contributed by atoms with Gasteiger partial charge in [-0.15, -0.1) is 24.0 Å². The van der Waals surface area contributed by atoms with E-state index in [1.807, 2.05) is 43.3 Å². The molecule has 0 bridgehead atoms. The first kappa shape index (κ1) is 26.5. The number of nitrogens with zero attached hydrogens (tertiary/aromatic N) is 1. The average molecular weight is 548 g/mol. The highest BCUT2D eigenvalue weighted by molar-refractivity contribution is 14.0. The topological polar surface area (TPSA) is 75.1 Å². The third-order valence-corrected chi connectivity index (χ3v) is 4.51. The molecule has 3 N–H and O–H groups in total. The molecule has 2 aromatic carbocycles. The van der Waals surface area contributed by atoms with Crippen LogP contribution in [-0.4, -0.2) is 44.5 Å². The smallest absolute Gasteiger partial charge is 0.191 e. The van der Waals surface area contributed by atoms with Gasteiger partial charge >= 0.3 is 0 Å². The third kappa shape index (κ3) is 9.97. The van der Waals surface area contributed by atoms with Gasteiger partial charge in [-0.1, -0.05) is 35.9 Å². The Morgan fingerprint density at radius 1 is 1.10 bits per heavy atom. The Labute approximate surface area is 201 Å². The molecule has 0 saturated heterocycles. The second-order valence-corrected chi connectivity index (χ2v) is 6.87. The lowest BCUT2D eigenvalue weighted by molar-refractivity contribution is 0.145. The summed E-state index contributed by atoms with van der Waals surface area (Å²) in [6, 6.07) is 15.0. The van der Waals surface area contributed by atoms with Crippen LogP contribution in [0.3, 0.4) is 0 Å². The van der Waals surface area contributed by atoms with Gasteiger partial charge in [0, 0.05) is 31.3 Å². The molecule has 0 radical (unpaired) electrons. The average Bonchev–Trinajstić information content (AvgIpc) is 2.75. The summed E-state index contributed by atoms with van der Waals surface area (Å²) in [6.07, 6.45) is 0.209. The Balaban J connectivity index is 0.00000450. The zero-order valence-corrected chi connectivity index (χ0v) is 20.5. The number of ether oxygens (including phenoxy) is 2. The minimum atomic E-state index is -0.663. The molecule has 0 aliphatic heterocycles. The van der Waals surface area contributed by atoms with E-state index in [0.717, 1.165) is 29.8 Å². The second-order valence-electron chi connectivity index (χ2n) is 6.44. The largest absolute Gasteiger partial charge is 0.497 e. The molecular formula is C22H31ClIN3O3. The van der Waals surface area contributed by atoms with Crippen LogP contribution in [0.2, 0.25) is 5.02 Å². The fourth-order valence-electron chi connectivity index (χ4n) is 2.60. The molecule has 6 nitrogen and oxygen atoms in total. The van der Waals surface area contributed by atoms with Crippen molar-refractivity contribution in [1.29, 1.82) is 0 Å². The Morgan fingerprint density at radius 3 is 2.43 bits per heavy atom. The highest BCUT2D eigenvalue weighted by Crippen LogP contribution is 2.16. The van der Waals surface area contributed by atoms with Crippen molar-refractivity contribution in [3.05, 3.63) is 64.7 Å². The second kappa shape index (κ2) is 15.3. The molecule has 0 aliphatic rings. The van der Waals surface area contributed by atoms with Crippen molar-refractivity contribution in [1.82, 2.24) is 10.6 Å². The van der Waals surface area contributed by atoms with E-state index < -0.39 is 6.10 Å². The number of guanidine groups is 1. The van der Waals surface area contributed by atoms with Gasteiger partial charge in [0.05, 0.1) is 19.8 Å². The van der Waals surface area contributed by atoms with Crippen molar-refractivity contribution < 1.29 is 14.6 Å². The van der Waals surface area contributed by atoms with Crippen LogP contribution in [0.4, 0.5) is 0 Å². The third-order valence-electron chi connectivity index (χ3n) is 4.26. The first-order valence-electron chi connectivity index (χ1n) is 9.78. The summed E-state index contributed by atoms with van der Waals surface area (Å²) in [5.74, 6) is 1.46. The van der Waals surface area contributed by atoms with E-state index in [1.165, 1.54) is 0 Å². The lowest BCUT2D eigenvalue weighted by atomic mass is 10.1. The summed E-state index contributed by atoms with van der Waals surface area (Å²) < 4.78 is 10.6. The van der Waals surface area contributed by atoms with Gasteiger partial charge in [0.25, 0.3) is 0 Å². The van der Waals surface area contributed by atoms with E-state index >= 15 is 0 Å². The molecule has 0 heterocycles. The van der Waals surface area contributed by atoms with Crippen molar-refractivity contribution in [3.8, 4) is 5.75 Å². The molecule has 0 spiro atoms. The van der Waals surface area contributed by atoms with E-state index in [9.17, 15) is 5.11 Å². The first-order valence-corrected chi connectivity index (χ1v) is 10.2. The standard InChI is InChI=1S/C22H30ClN3O3.HI/c1-3-29-14-4-13-24-22(25-15-17-5-11-20(28-2)12-6-17)26-16-21(27)18-7-9-19(23)10-8-18;/h5-12,21,27H,3-4,13-16H2,1-2H3,(H2,24,25,26);1H. The van der Waals surface area contributed by atoms with E-state index in [-0.39, 0.29) is 24.0 Å². The zero-order chi connectivity index (χ0) is 20.9. The van der Waals surface area contributed by atoms with E-state index in [2.05, 4.69) is 15.6 Å². The van der Waals surface area contributed by atoms with Gasteiger partial charge in [-0.05, 0) is 48.7 Å². The lowest BCUT2D eigenvalue weighted by Gasteiger charge is -2.16. The number of hydrogen-bond donors (Lipinski definition) is 3. The molecule has 2 aromatic rings. The predicted octanol–water partition coefficient (Wildman–Crippen LogP) is 4.16. The van der Waals surface area contributed by atoms with Crippen molar-refractivity contribution >= 4 is 41.5 Å². The summed E-state index contributed by atoms with van der Waals surface area (Å²) in [5.41, 5.74) is 1.87. The highest BCUT2D eigenvalue weighted by atomic mass is 127. The van der Waals surface area contributed by atoms with Gasteiger partial charge in [0.1, 0.15) is 5.75 Å². The first-order chi connectivity index (χ1) is 14.1. The lowest BCUT2D eigenvalue weighted by Crippen LogP contribution is -2.40. The summed E-state index contributed by atoms with van der Waals surface area (Å²) in [7, 11) is 1.65. The highest BCUT2D eigenvalue weighted by Gasteiger charge is 2.09. The molecule has 166 valence electrons. The summed E-state index contributed by atoms with van der Waals surface area (Å²) >= 11 is 5.91. The van der Waals surface area contributed by atoms with Crippen molar-refractivity contribution in [2.24, 2.45) is 4.99 Å². The molecule has 0 aromatic heterocycles. The predicted molar refractivity (Wildman–Crippen MR) is 133 cm³/mol. The van der Waals surface area contributed by atoms with Crippen LogP contribution in [0, 0.1) is 0 Å². The fourth-order valence-corrected chi connectivity index (χ4v) is 2.72. The van der Waals surface area contributed by atoms with Gasteiger partial charge < -0.3 is 25.2 Å². The molecule has 0 saturated carbocycles. The number of benzene rings is 2. The molecule has 8 heteroatoms. The molecule has 0 amide bonds. The number of rotatable bonds is 11. The molecule has 1 atom stereocenters. The van der Waals surface area contributed by atoms with Gasteiger partial charge in [-0.25, -0.2) is 4.99 Å². The maximum absolute atomic E-state index is 10.4. The Bertz CT molecular complexity index is 742. The van der Waals surface area contributed by atoms with Crippen LogP contribution < -0.4 is 15.4 Å². The van der Waals surface area contributed by atoms with Crippen LogP contribution >= 0.6 is 35.6 Å². The summed E-state index contributed by atoms with van der Waals surface area (Å²) in [6.45, 7) is 4.97. The van der Waals surface area contributed by atoms with E-state index in [0.29, 0.717) is 37.3 Å². The summed E-state index contributed by atoms with van der Waals surface area (Å²) in [5, 5.41) is 17.6. The monoisotopic (exact) mass is 547 g/mol. The molecule has 2 rings (SSSR count). The van der Waals surface area contributed by atoms with Crippen molar-refractivity contribution in [2.45, 2.75) is 26.0 Å². The van der Waals surface area contributed by atoms with Gasteiger partial charge in [0.2, 0.25) is 0 Å². The van der Waals surface area contributed by atoms with Crippen LogP contribution in [0.1, 0.15) is 30.6 Å². The molecule has 0 aliphatic carbocycles. The number of hydrogen-bond acceptors (Lipinski definition) is 4. The van der Waals surface area contributed by atoms with Crippen LogP contribution in [0.5, 0.6) is 5.75 Å². The quantitative estimate of drug-likeness (QED) is 0.171. The van der Waals surface area contributed by atoms with Crippen LogP contribution in [0.25, 0.3) is 0 Å². The Morgan fingerprint density at radius 2 is 1.80 bits per heavy atom.